The van der Waals surface area contributed by atoms with Crippen LogP contribution in [0.1, 0.15) is 49.2 Å². The molecule has 0 atom stereocenters. The van der Waals surface area contributed by atoms with Gasteiger partial charge < -0.3 is 23.8 Å². The Bertz CT molecular complexity index is 849. The highest BCUT2D eigenvalue weighted by Gasteiger charge is 2.24. The number of hydrogen-bond donors (Lipinski definition) is 0. The Balaban J connectivity index is 2.19. The van der Waals surface area contributed by atoms with E-state index < -0.39 is 0 Å². The molecule has 176 valence electrons. The van der Waals surface area contributed by atoms with Crippen LogP contribution < -0.4 is 4.74 Å². The van der Waals surface area contributed by atoms with Crippen LogP contribution >= 0.6 is 0 Å². The molecule has 2 amide bonds. The van der Waals surface area contributed by atoms with Gasteiger partial charge in [-0.05, 0) is 44.0 Å². The van der Waals surface area contributed by atoms with Crippen molar-refractivity contribution in [1.29, 1.82) is 0 Å². The Hall–Kier alpha value is -2.80. The second kappa shape index (κ2) is 13.6. The normalized spacial score (nSPS) is 10.8. The van der Waals surface area contributed by atoms with Gasteiger partial charge in [-0.2, -0.15) is 0 Å². The third kappa shape index (κ3) is 7.41. The zero-order chi connectivity index (χ0) is 23.3. The van der Waals surface area contributed by atoms with Gasteiger partial charge in [-0.25, -0.2) is 0 Å². The number of para-hydroxylation sites is 1. The maximum atomic E-state index is 13.4. The van der Waals surface area contributed by atoms with Crippen LogP contribution in [0.2, 0.25) is 0 Å². The maximum Gasteiger partial charge on any atom is 0.258 e. The van der Waals surface area contributed by atoms with Crippen LogP contribution in [-0.2, 0) is 23.1 Å². The molecule has 0 spiro atoms. The molecule has 32 heavy (non-hydrogen) atoms. The number of nitrogens with zero attached hydrogens (tertiary/aromatic N) is 3. The monoisotopic (exact) mass is 443 g/mol. The fraction of sp³-hybridized carbons (Fsp3) is 0.520. The summed E-state index contributed by atoms with van der Waals surface area (Å²) in [7, 11) is 3.52. The van der Waals surface area contributed by atoms with Gasteiger partial charge in [-0.15, -0.1) is 0 Å². The summed E-state index contributed by atoms with van der Waals surface area (Å²) < 4.78 is 12.8. The van der Waals surface area contributed by atoms with E-state index in [1.54, 1.807) is 30.2 Å². The summed E-state index contributed by atoms with van der Waals surface area (Å²) in [6.45, 7) is 6.87. The fourth-order valence-corrected chi connectivity index (χ4v) is 3.51. The van der Waals surface area contributed by atoms with E-state index >= 15 is 0 Å². The molecule has 1 aromatic carbocycles. The molecule has 1 heterocycles. The average molecular weight is 444 g/mol. The number of rotatable bonds is 14. The van der Waals surface area contributed by atoms with Crippen LogP contribution in [-0.4, -0.2) is 66.1 Å². The lowest BCUT2D eigenvalue weighted by Gasteiger charge is -2.28. The van der Waals surface area contributed by atoms with Gasteiger partial charge in [0.15, 0.2) is 0 Å². The lowest BCUT2D eigenvalue weighted by molar-refractivity contribution is -0.132. The lowest BCUT2D eigenvalue weighted by Crippen LogP contribution is -2.44. The van der Waals surface area contributed by atoms with Gasteiger partial charge >= 0.3 is 0 Å². The predicted octanol–water partition coefficient (Wildman–Crippen LogP) is 3.73. The molecule has 0 saturated heterocycles. The Morgan fingerprint density at radius 1 is 1.00 bits per heavy atom. The van der Waals surface area contributed by atoms with Crippen molar-refractivity contribution in [2.45, 2.75) is 39.7 Å². The van der Waals surface area contributed by atoms with Gasteiger partial charge in [0.2, 0.25) is 5.91 Å². The van der Waals surface area contributed by atoms with E-state index in [-0.39, 0.29) is 18.4 Å². The maximum absolute atomic E-state index is 13.4. The van der Waals surface area contributed by atoms with E-state index in [0.717, 1.165) is 18.5 Å². The molecule has 0 N–H and O–H groups in total. The van der Waals surface area contributed by atoms with E-state index in [1.807, 2.05) is 47.8 Å². The molecule has 0 aliphatic carbocycles. The zero-order valence-corrected chi connectivity index (χ0v) is 19.9. The molecular weight excluding hydrogens is 406 g/mol. The van der Waals surface area contributed by atoms with Crippen molar-refractivity contribution in [2.75, 3.05) is 40.0 Å². The molecule has 2 rings (SSSR count). The highest BCUT2D eigenvalue weighted by molar-refractivity contribution is 5.98. The molecule has 0 aliphatic rings. The fourth-order valence-electron chi connectivity index (χ4n) is 3.51. The quantitative estimate of drug-likeness (QED) is 0.418. The highest BCUT2D eigenvalue weighted by Crippen LogP contribution is 2.20. The number of aromatic nitrogens is 1. The first kappa shape index (κ1) is 25.5. The molecule has 7 heteroatoms. The number of benzene rings is 1. The molecule has 7 nitrogen and oxygen atoms in total. The summed E-state index contributed by atoms with van der Waals surface area (Å²) in [6.07, 6.45) is 4.55. The minimum absolute atomic E-state index is 0.0249. The number of carbonyl (C=O) groups excluding carboxylic acids is 2. The zero-order valence-electron chi connectivity index (χ0n) is 19.9. The van der Waals surface area contributed by atoms with Crippen molar-refractivity contribution in [3.63, 3.8) is 0 Å². The van der Waals surface area contributed by atoms with Gasteiger partial charge in [0.1, 0.15) is 12.3 Å². The first-order valence-electron chi connectivity index (χ1n) is 11.4. The van der Waals surface area contributed by atoms with Crippen LogP contribution in [0, 0.1) is 0 Å². The summed E-state index contributed by atoms with van der Waals surface area (Å²) in [6, 6.07) is 11.1. The van der Waals surface area contributed by atoms with Gasteiger partial charge in [0.25, 0.3) is 5.91 Å². The Kier molecular flexibility index (Phi) is 10.8. The summed E-state index contributed by atoms with van der Waals surface area (Å²) in [5.41, 5.74) is 1.52. The Labute approximate surface area is 191 Å². The second-order valence-electron chi connectivity index (χ2n) is 7.76. The van der Waals surface area contributed by atoms with Crippen molar-refractivity contribution < 1.29 is 19.1 Å². The molecular formula is C25H37N3O4. The molecule has 0 aliphatic heterocycles. The first-order valence-corrected chi connectivity index (χ1v) is 11.4. The van der Waals surface area contributed by atoms with Gasteiger partial charge in [0, 0.05) is 45.2 Å². The number of unbranched alkanes of at least 4 members (excludes halogenated alkanes) is 1. The SMILES string of the molecule is CCCCN(Cc1cccn1C)C(=O)CN(CCCOCC)C(=O)c1ccccc1OC. The van der Waals surface area contributed by atoms with E-state index in [2.05, 4.69) is 6.92 Å². The number of amides is 2. The van der Waals surface area contributed by atoms with Crippen molar-refractivity contribution in [2.24, 2.45) is 7.05 Å². The summed E-state index contributed by atoms with van der Waals surface area (Å²) in [5, 5.41) is 0. The third-order valence-electron chi connectivity index (χ3n) is 5.41. The standard InChI is InChI=1S/C25H37N3O4/c1-5-7-16-27(19-21-12-10-15-26(21)3)24(29)20-28(17-11-18-32-6-2)25(30)22-13-8-9-14-23(22)31-4/h8-10,12-15H,5-7,11,16-20H2,1-4H3. The van der Waals surface area contributed by atoms with Gasteiger partial charge in [0.05, 0.1) is 19.2 Å². The number of aryl methyl sites for hydroxylation is 1. The van der Waals surface area contributed by atoms with Crippen molar-refractivity contribution >= 4 is 11.8 Å². The minimum atomic E-state index is -0.207. The molecule has 0 saturated carbocycles. The topological polar surface area (TPSA) is 64.0 Å². The van der Waals surface area contributed by atoms with Crippen LogP contribution in [0.5, 0.6) is 5.75 Å². The van der Waals surface area contributed by atoms with E-state index in [0.29, 0.717) is 50.6 Å². The van der Waals surface area contributed by atoms with Crippen molar-refractivity contribution in [3.8, 4) is 5.75 Å². The van der Waals surface area contributed by atoms with Gasteiger partial charge in [-0.3, -0.25) is 9.59 Å². The highest BCUT2D eigenvalue weighted by atomic mass is 16.5. The predicted molar refractivity (Wildman–Crippen MR) is 126 cm³/mol. The van der Waals surface area contributed by atoms with E-state index in [4.69, 9.17) is 9.47 Å². The van der Waals surface area contributed by atoms with E-state index in [1.165, 1.54) is 0 Å². The summed E-state index contributed by atoms with van der Waals surface area (Å²) >= 11 is 0. The van der Waals surface area contributed by atoms with Gasteiger partial charge in [-0.1, -0.05) is 25.5 Å². The molecule has 1 aromatic heterocycles. The number of ether oxygens (including phenoxy) is 2. The van der Waals surface area contributed by atoms with E-state index in [9.17, 15) is 9.59 Å². The summed E-state index contributed by atoms with van der Waals surface area (Å²) in [5.74, 6) is 0.243. The minimum Gasteiger partial charge on any atom is -0.496 e. The number of hydrogen-bond acceptors (Lipinski definition) is 4. The largest absolute Gasteiger partial charge is 0.496 e. The third-order valence-corrected chi connectivity index (χ3v) is 5.41. The Morgan fingerprint density at radius 2 is 1.75 bits per heavy atom. The molecule has 2 aromatic rings. The smallest absolute Gasteiger partial charge is 0.258 e. The first-order chi connectivity index (χ1) is 15.5. The van der Waals surface area contributed by atoms with Crippen molar-refractivity contribution in [3.05, 3.63) is 53.9 Å². The van der Waals surface area contributed by atoms with Crippen LogP contribution in [0.3, 0.4) is 0 Å². The van der Waals surface area contributed by atoms with Crippen LogP contribution in [0.4, 0.5) is 0 Å². The molecule has 0 fully saturated rings. The lowest BCUT2D eigenvalue weighted by atomic mass is 10.1. The van der Waals surface area contributed by atoms with Crippen LogP contribution in [0.25, 0.3) is 0 Å². The number of methoxy groups -OCH3 is 1. The Morgan fingerprint density at radius 3 is 2.41 bits per heavy atom. The molecule has 0 unspecified atom stereocenters. The number of carbonyl (C=O) groups is 2. The molecule has 0 bridgehead atoms. The second-order valence-corrected chi connectivity index (χ2v) is 7.76. The van der Waals surface area contributed by atoms with Crippen molar-refractivity contribution in [1.82, 2.24) is 14.4 Å². The summed E-state index contributed by atoms with van der Waals surface area (Å²) in [4.78, 5) is 30.2. The molecule has 0 radical (unpaired) electrons. The average Bonchev–Trinajstić information content (AvgIpc) is 3.22. The van der Waals surface area contributed by atoms with Crippen LogP contribution in [0.15, 0.2) is 42.6 Å².